The van der Waals surface area contributed by atoms with Crippen LogP contribution < -0.4 is 19.1 Å². The van der Waals surface area contributed by atoms with Crippen molar-refractivity contribution in [3.05, 3.63) is 24.4 Å². The molecule has 1 aliphatic heterocycles. The summed E-state index contributed by atoms with van der Waals surface area (Å²) in [6, 6.07) is 3.91. The lowest BCUT2D eigenvalue weighted by Crippen LogP contribution is -2.44. The van der Waals surface area contributed by atoms with Crippen LogP contribution in [0.15, 0.2) is 29.3 Å². The van der Waals surface area contributed by atoms with Crippen LogP contribution in [0.4, 0.5) is 29.3 Å². The Morgan fingerprint density at radius 2 is 1.88 bits per heavy atom. The second kappa shape index (κ2) is 12.6. The molecule has 1 atom stereocenters. The Kier molecular flexibility index (Phi) is 9.95. The summed E-state index contributed by atoms with van der Waals surface area (Å²) in [5.74, 6) is -0.205. The number of sulfonamides is 1. The number of anilines is 2. The minimum absolute atomic E-state index is 0.0159. The number of alkyl halides is 3. The maximum absolute atomic E-state index is 14.2. The Labute approximate surface area is 248 Å². The molecule has 0 saturated heterocycles. The van der Waals surface area contributed by atoms with Gasteiger partial charge >= 0.3 is 12.3 Å². The van der Waals surface area contributed by atoms with Crippen molar-refractivity contribution in [2.75, 3.05) is 29.4 Å². The van der Waals surface area contributed by atoms with Gasteiger partial charge in [0.25, 0.3) is 15.9 Å². The first-order valence-electron chi connectivity index (χ1n) is 13.5. The number of benzene rings is 1. The molecule has 0 radical (unpaired) electrons. The molecule has 1 aromatic carbocycles. The van der Waals surface area contributed by atoms with E-state index in [4.69, 9.17) is 9.47 Å². The topological polar surface area (TPSA) is 149 Å². The van der Waals surface area contributed by atoms with Crippen molar-refractivity contribution in [2.45, 2.75) is 83.7 Å². The molecule has 0 saturated carbocycles. The minimum atomic E-state index is -4.83. The van der Waals surface area contributed by atoms with Gasteiger partial charge in [0.15, 0.2) is 4.90 Å². The maximum Gasteiger partial charge on any atom is 0.427 e. The molecule has 0 aliphatic carbocycles. The number of halogens is 3. The quantitative estimate of drug-likeness (QED) is 0.344. The number of hydrogen-bond acceptors (Lipinski definition) is 9. The van der Waals surface area contributed by atoms with Gasteiger partial charge in [-0.25, -0.2) is 13.2 Å². The van der Waals surface area contributed by atoms with E-state index in [0.717, 1.165) is 4.31 Å². The highest BCUT2D eigenvalue weighted by Crippen LogP contribution is 2.41. The van der Waals surface area contributed by atoms with Gasteiger partial charge in [-0.2, -0.15) is 13.2 Å². The van der Waals surface area contributed by atoms with E-state index >= 15 is 0 Å². The van der Waals surface area contributed by atoms with Gasteiger partial charge in [-0.05, 0) is 52.3 Å². The first-order chi connectivity index (χ1) is 19.8. The van der Waals surface area contributed by atoms with Crippen LogP contribution in [0.1, 0.15) is 54.4 Å². The number of hydrogen-bond donors (Lipinski definition) is 2. The number of Topliss-reactive ketones (excluding diaryl/α,β-unsaturated/α-hetero) is 1. The summed E-state index contributed by atoms with van der Waals surface area (Å²) in [6.07, 6.45) is -5.31. The van der Waals surface area contributed by atoms with Crippen LogP contribution in [-0.4, -0.2) is 72.8 Å². The summed E-state index contributed by atoms with van der Waals surface area (Å²) in [7, 11) is -4.43. The number of carbonyl (C=O) groups excluding carboxylic acids is 2. The summed E-state index contributed by atoms with van der Waals surface area (Å²) >= 11 is 0. The minimum Gasteiger partial charge on any atom is -0.486 e. The number of aliphatic hydroxyl groups excluding tert-OH is 1. The van der Waals surface area contributed by atoms with Gasteiger partial charge in [0.1, 0.15) is 17.6 Å². The number of aliphatic hydroxyl groups is 1. The average molecular weight is 635 g/mol. The number of ether oxygens (including phenoxy) is 3. The van der Waals surface area contributed by atoms with Gasteiger partial charge in [-0.3, -0.25) is 14.3 Å². The summed E-state index contributed by atoms with van der Waals surface area (Å²) in [4.78, 5) is 23.7. The Hall–Kier alpha value is -3.53. The fourth-order valence-corrected chi connectivity index (χ4v) is 5.39. The van der Waals surface area contributed by atoms with E-state index < -0.39 is 39.4 Å². The molecular formula is C27H37F3N4O8S. The lowest BCUT2D eigenvalue weighted by atomic mass is 9.97. The third kappa shape index (κ3) is 8.10. The van der Waals surface area contributed by atoms with Gasteiger partial charge in [-0.15, -0.1) is 5.10 Å². The summed E-state index contributed by atoms with van der Waals surface area (Å²) in [5, 5.41) is 16.1. The highest BCUT2D eigenvalue weighted by molar-refractivity contribution is 7.93. The molecule has 1 aliphatic rings. The number of ketones is 1. The third-order valence-electron chi connectivity index (χ3n) is 6.60. The smallest absolute Gasteiger partial charge is 0.427 e. The zero-order valence-corrected chi connectivity index (χ0v) is 25.6. The number of nitrogens with one attached hydrogen (secondary N) is 1. The van der Waals surface area contributed by atoms with Crippen LogP contribution >= 0.6 is 0 Å². The van der Waals surface area contributed by atoms with Crippen molar-refractivity contribution in [1.29, 1.82) is 0 Å². The maximum atomic E-state index is 14.2. The van der Waals surface area contributed by atoms with Crippen molar-refractivity contribution < 1.29 is 50.5 Å². The molecule has 2 N–H and O–H groups in total. The second-order valence-electron chi connectivity index (χ2n) is 11.5. The molecule has 0 bridgehead atoms. The predicted molar refractivity (Wildman–Crippen MR) is 150 cm³/mol. The lowest BCUT2D eigenvalue weighted by Gasteiger charge is -2.35. The zero-order chi connectivity index (χ0) is 32.4. The lowest BCUT2D eigenvalue weighted by molar-refractivity contribution is -0.242. The van der Waals surface area contributed by atoms with Crippen LogP contribution in [0, 0.1) is 5.41 Å². The second-order valence-corrected chi connectivity index (χ2v) is 13.3. The predicted octanol–water partition coefficient (Wildman–Crippen LogP) is 4.52. The average Bonchev–Trinajstić information content (AvgIpc) is 3.34. The third-order valence-corrected chi connectivity index (χ3v) is 8.36. The molecule has 0 spiro atoms. The first-order valence-corrected chi connectivity index (χ1v) is 14.9. The molecule has 3 rings (SSSR count). The van der Waals surface area contributed by atoms with Crippen LogP contribution in [-0.2, 0) is 26.1 Å². The summed E-state index contributed by atoms with van der Waals surface area (Å²) < 4.78 is 86.7. The molecule has 1 aromatic heterocycles. The molecule has 16 heteroatoms. The Bertz CT molecular complexity index is 1440. The van der Waals surface area contributed by atoms with E-state index in [0.29, 0.717) is 20.4 Å². The largest absolute Gasteiger partial charge is 0.486 e. The Balaban J connectivity index is 2.03. The van der Waals surface area contributed by atoms with Gasteiger partial charge in [0.05, 0.1) is 25.4 Å². The fraction of sp³-hybridized carbons (Fsp3) is 0.593. The summed E-state index contributed by atoms with van der Waals surface area (Å²) in [5.41, 5.74) is -3.55. The number of amides is 1. The Morgan fingerprint density at radius 1 is 1.21 bits per heavy atom. The van der Waals surface area contributed by atoms with Crippen LogP contribution in [0.5, 0.6) is 11.6 Å². The first kappa shape index (κ1) is 34.0. The molecular weight excluding hydrogens is 597 g/mol. The van der Waals surface area contributed by atoms with E-state index in [1.807, 2.05) is 0 Å². The van der Waals surface area contributed by atoms with Gasteiger partial charge < -0.3 is 24.1 Å². The van der Waals surface area contributed by atoms with Gasteiger partial charge in [-0.1, -0.05) is 13.8 Å². The number of aromatic nitrogens is 2. The van der Waals surface area contributed by atoms with Gasteiger partial charge in [0, 0.05) is 30.3 Å². The molecule has 12 nitrogen and oxygen atoms in total. The standard InChI is InChI=1S/C27H37F3N4O8S/c1-7-33-14-22(23(32-33)40-16-25(3,4)15-35)43(38,39)34-13-19(10-8-17(2)36)41-21-11-9-18(12-20(21)34)31-24(37)42-26(5,6)27(28,29)30/h9,11-12,14,19,35H,7-8,10,13,15-16H2,1-6H3,(H,31,37)/t19-/m0/s1. The monoisotopic (exact) mass is 634 g/mol. The number of fused-ring (bicyclic) bond motifs is 1. The van der Waals surface area contributed by atoms with E-state index in [1.165, 1.54) is 36.0 Å². The van der Waals surface area contributed by atoms with E-state index in [9.17, 15) is 36.3 Å². The fourth-order valence-electron chi connectivity index (χ4n) is 3.82. The highest BCUT2D eigenvalue weighted by atomic mass is 32.2. The number of rotatable bonds is 12. The number of aryl methyl sites for hydroxylation is 1. The number of nitrogens with zero attached hydrogens (tertiary/aromatic N) is 3. The van der Waals surface area contributed by atoms with Crippen LogP contribution in [0.25, 0.3) is 0 Å². The summed E-state index contributed by atoms with van der Waals surface area (Å²) in [6.45, 7) is 7.83. The van der Waals surface area contributed by atoms with Crippen LogP contribution in [0.3, 0.4) is 0 Å². The zero-order valence-electron chi connectivity index (χ0n) is 24.8. The molecule has 240 valence electrons. The van der Waals surface area contributed by atoms with E-state index in [2.05, 4.69) is 15.2 Å². The normalized spacial score (nSPS) is 15.9. The molecule has 0 unspecified atom stereocenters. The Morgan fingerprint density at radius 3 is 2.47 bits per heavy atom. The van der Waals surface area contributed by atoms with Crippen molar-refractivity contribution in [2.24, 2.45) is 5.41 Å². The molecule has 1 amide bonds. The molecule has 0 fully saturated rings. The molecule has 43 heavy (non-hydrogen) atoms. The highest BCUT2D eigenvalue weighted by Gasteiger charge is 2.51. The van der Waals surface area contributed by atoms with E-state index in [-0.39, 0.29) is 66.3 Å². The van der Waals surface area contributed by atoms with Crippen molar-refractivity contribution in [3.8, 4) is 11.6 Å². The van der Waals surface area contributed by atoms with Gasteiger partial charge in [0.2, 0.25) is 5.60 Å². The molecule has 2 heterocycles. The van der Waals surface area contributed by atoms with E-state index in [1.54, 1.807) is 20.8 Å². The molecule has 2 aromatic rings. The number of carbonyl (C=O) groups is 2. The van der Waals surface area contributed by atoms with Crippen molar-refractivity contribution >= 4 is 33.3 Å². The van der Waals surface area contributed by atoms with Crippen molar-refractivity contribution in [3.63, 3.8) is 0 Å². The van der Waals surface area contributed by atoms with Crippen molar-refractivity contribution in [1.82, 2.24) is 9.78 Å². The SMILES string of the molecule is CCn1cc(S(=O)(=O)N2C[C@H](CCC(C)=O)Oc3ccc(NC(=O)OC(C)(C)C(F)(F)F)cc32)c(OCC(C)(C)CO)n1. The van der Waals surface area contributed by atoms with Crippen LogP contribution in [0.2, 0.25) is 0 Å².